The number of benzene rings is 1. The lowest BCUT2D eigenvalue weighted by Gasteiger charge is -2.12. The molecule has 0 aromatic heterocycles. The summed E-state index contributed by atoms with van der Waals surface area (Å²) in [6.45, 7) is 7.60. The van der Waals surface area contributed by atoms with Gasteiger partial charge in [-0.25, -0.2) is 0 Å². The number of ether oxygens (including phenoxy) is 2. The molecule has 0 amide bonds. The Morgan fingerprint density at radius 2 is 2.16 bits per heavy atom. The van der Waals surface area contributed by atoms with Gasteiger partial charge < -0.3 is 9.47 Å². The molecule has 19 heavy (non-hydrogen) atoms. The van der Waals surface area contributed by atoms with Crippen molar-refractivity contribution in [3.63, 3.8) is 0 Å². The molecule has 0 N–H and O–H groups in total. The lowest BCUT2D eigenvalue weighted by Crippen LogP contribution is -2.16. The highest BCUT2D eigenvalue weighted by atomic mass is 16.8. The molecule has 1 aromatic rings. The summed E-state index contributed by atoms with van der Waals surface area (Å²) in [6.07, 6.45) is 7.39. The molecule has 1 fully saturated rings. The predicted octanol–water partition coefficient (Wildman–Crippen LogP) is 4.20. The van der Waals surface area contributed by atoms with Crippen LogP contribution in [0.5, 0.6) is 0 Å². The number of epoxide rings is 1. The summed E-state index contributed by atoms with van der Waals surface area (Å²) >= 11 is 0. The summed E-state index contributed by atoms with van der Waals surface area (Å²) in [5, 5.41) is 0. The highest BCUT2D eigenvalue weighted by Crippen LogP contribution is 2.33. The van der Waals surface area contributed by atoms with E-state index >= 15 is 0 Å². The van der Waals surface area contributed by atoms with Crippen LogP contribution in [0, 0.1) is 0 Å². The molecule has 1 aliphatic rings. The van der Waals surface area contributed by atoms with Crippen molar-refractivity contribution in [2.45, 2.75) is 44.8 Å². The molecule has 0 spiro atoms. The van der Waals surface area contributed by atoms with Crippen molar-refractivity contribution in [1.29, 1.82) is 0 Å². The molecule has 2 heteroatoms. The molecule has 2 rings (SSSR count). The first kappa shape index (κ1) is 14.3. The fourth-order valence-electron chi connectivity index (χ4n) is 2.40. The first-order valence-corrected chi connectivity index (χ1v) is 7.28. The minimum atomic E-state index is -0.215. The maximum Gasteiger partial charge on any atom is 0.192 e. The minimum absolute atomic E-state index is 0.215. The standard InChI is InChI=1S/C17H24O2/c1-3-12-17(14-19-17)18-13-8-7-11-16-10-6-5-9-15(16)4-2/h4-6,9-10H,2-3,7-8,11-14H2,1H3. The zero-order chi connectivity index (χ0) is 13.6. The van der Waals surface area contributed by atoms with Crippen molar-refractivity contribution in [1.82, 2.24) is 0 Å². The number of rotatable bonds is 9. The fraction of sp³-hybridized carbons (Fsp3) is 0.529. The van der Waals surface area contributed by atoms with Crippen LogP contribution in [0.3, 0.4) is 0 Å². The van der Waals surface area contributed by atoms with Gasteiger partial charge in [0, 0.05) is 6.42 Å². The van der Waals surface area contributed by atoms with Gasteiger partial charge in [0.25, 0.3) is 0 Å². The molecule has 1 aliphatic heterocycles. The molecule has 1 unspecified atom stereocenters. The van der Waals surface area contributed by atoms with E-state index in [-0.39, 0.29) is 5.79 Å². The number of unbranched alkanes of at least 4 members (excludes halogenated alkanes) is 1. The third kappa shape index (κ3) is 4.19. The third-order valence-electron chi connectivity index (χ3n) is 3.58. The maximum absolute atomic E-state index is 5.83. The normalized spacial score (nSPS) is 21.3. The molecule has 1 aromatic carbocycles. The fourth-order valence-corrected chi connectivity index (χ4v) is 2.40. The summed E-state index contributed by atoms with van der Waals surface area (Å²) in [5.74, 6) is -0.215. The SMILES string of the molecule is C=Cc1ccccc1CCCCOC1(CCC)CO1. The van der Waals surface area contributed by atoms with Crippen LogP contribution in [-0.4, -0.2) is 19.0 Å². The molecule has 104 valence electrons. The summed E-state index contributed by atoms with van der Waals surface area (Å²) in [6, 6.07) is 8.45. The highest BCUT2D eigenvalue weighted by Gasteiger charge is 2.44. The van der Waals surface area contributed by atoms with Crippen molar-refractivity contribution in [3.8, 4) is 0 Å². The van der Waals surface area contributed by atoms with Crippen molar-refractivity contribution in [2.24, 2.45) is 0 Å². The van der Waals surface area contributed by atoms with E-state index in [0.717, 1.165) is 45.3 Å². The van der Waals surface area contributed by atoms with Crippen LogP contribution in [0.2, 0.25) is 0 Å². The summed E-state index contributed by atoms with van der Waals surface area (Å²) < 4.78 is 11.2. The van der Waals surface area contributed by atoms with E-state index in [1.165, 1.54) is 11.1 Å². The van der Waals surface area contributed by atoms with Crippen molar-refractivity contribution in [3.05, 3.63) is 42.0 Å². The second-order valence-electron chi connectivity index (χ2n) is 5.16. The quantitative estimate of drug-likeness (QED) is 0.490. The summed E-state index contributed by atoms with van der Waals surface area (Å²) in [5.41, 5.74) is 2.62. The van der Waals surface area contributed by atoms with Gasteiger partial charge in [0.15, 0.2) is 5.79 Å². The number of aryl methyl sites for hydroxylation is 1. The lowest BCUT2D eigenvalue weighted by atomic mass is 10.0. The zero-order valence-corrected chi connectivity index (χ0v) is 11.9. The van der Waals surface area contributed by atoms with Crippen LogP contribution in [0.1, 0.15) is 43.7 Å². The summed E-state index contributed by atoms with van der Waals surface area (Å²) in [7, 11) is 0. The van der Waals surface area contributed by atoms with E-state index in [1.807, 2.05) is 6.08 Å². The molecule has 0 bridgehead atoms. The average molecular weight is 260 g/mol. The van der Waals surface area contributed by atoms with Gasteiger partial charge in [-0.05, 0) is 30.4 Å². The molecule has 0 saturated carbocycles. The van der Waals surface area contributed by atoms with Crippen LogP contribution in [0.15, 0.2) is 30.8 Å². The Morgan fingerprint density at radius 3 is 2.84 bits per heavy atom. The summed E-state index contributed by atoms with van der Waals surface area (Å²) in [4.78, 5) is 0. The van der Waals surface area contributed by atoms with Gasteiger partial charge in [0.1, 0.15) is 6.61 Å². The molecule has 1 saturated heterocycles. The molecule has 1 atom stereocenters. The average Bonchev–Trinajstić information content (AvgIpc) is 3.19. The van der Waals surface area contributed by atoms with Crippen molar-refractivity contribution >= 4 is 6.08 Å². The van der Waals surface area contributed by atoms with Crippen molar-refractivity contribution < 1.29 is 9.47 Å². The van der Waals surface area contributed by atoms with Gasteiger partial charge >= 0.3 is 0 Å². The zero-order valence-electron chi connectivity index (χ0n) is 11.9. The van der Waals surface area contributed by atoms with Gasteiger partial charge in [0.2, 0.25) is 0 Å². The van der Waals surface area contributed by atoms with E-state index in [9.17, 15) is 0 Å². The Balaban J connectivity index is 1.65. The first-order valence-electron chi connectivity index (χ1n) is 7.28. The Morgan fingerprint density at radius 1 is 1.37 bits per heavy atom. The van der Waals surface area contributed by atoms with E-state index in [2.05, 4.69) is 37.8 Å². The Labute approximate surface area is 116 Å². The van der Waals surface area contributed by atoms with Crippen LogP contribution in [0.4, 0.5) is 0 Å². The van der Waals surface area contributed by atoms with E-state index < -0.39 is 0 Å². The topological polar surface area (TPSA) is 21.8 Å². The smallest absolute Gasteiger partial charge is 0.192 e. The van der Waals surface area contributed by atoms with E-state index in [0.29, 0.717) is 0 Å². The maximum atomic E-state index is 5.83. The second kappa shape index (κ2) is 6.88. The number of hydrogen-bond acceptors (Lipinski definition) is 2. The van der Waals surface area contributed by atoms with Crippen LogP contribution in [-0.2, 0) is 15.9 Å². The molecule has 0 radical (unpaired) electrons. The second-order valence-corrected chi connectivity index (χ2v) is 5.16. The van der Waals surface area contributed by atoms with Crippen LogP contribution in [0.25, 0.3) is 6.08 Å². The highest BCUT2D eigenvalue weighted by molar-refractivity contribution is 5.51. The third-order valence-corrected chi connectivity index (χ3v) is 3.58. The van der Waals surface area contributed by atoms with Gasteiger partial charge in [-0.1, -0.05) is 50.3 Å². The number of hydrogen-bond donors (Lipinski definition) is 0. The van der Waals surface area contributed by atoms with E-state index in [4.69, 9.17) is 9.47 Å². The lowest BCUT2D eigenvalue weighted by molar-refractivity contribution is -0.0502. The molecule has 0 aliphatic carbocycles. The Kier molecular flexibility index (Phi) is 5.17. The molecular formula is C17H24O2. The Hall–Kier alpha value is -1.12. The monoisotopic (exact) mass is 260 g/mol. The first-order chi connectivity index (χ1) is 9.29. The van der Waals surface area contributed by atoms with E-state index in [1.54, 1.807) is 0 Å². The van der Waals surface area contributed by atoms with Crippen LogP contribution >= 0.6 is 0 Å². The van der Waals surface area contributed by atoms with Gasteiger partial charge in [-0.15, -0.1) is 0 Å². The molecule has 1 heterocycles. The predicted molar refractivity (Wildman–Crippen MR) is 79.0 cm³/mol. The largest absolute Gasteiger partial charge is 0.348 e. The van der Waals surface area contributed by atoms with Crippen LogP contribution < -0.4 is 0 Å². The minimum Gasteiger partial charge on any atom is -0.348 e. The molecule has 2 nitrogen and oxygen atoms in total. The van der Waals surface area contributed by atoms with Crippen molar-refractivity contribution in [2.75, 3.05) is 13.2 Å². The molecular weight excluding hydrogens is 236 g/mol. The Bertz CT molecular complexity index is 407. The van der Waals surface area contributed by atoms with Gasteiger partial charge in [-0.2, -0.15) is 0 Å². The van der Waals surface area contributed by atoms with Gasteiger partial charge in [0.05, 0.1) is 6.61 Å². The van der Waals surface area contributed by atoms with Gasteiger partial charge in [-0.3, -0.25) is 0 Å².